The van der Waals surface area contributed by atoms with Gasteiger partial charge in [-0.05, 0) is 12.1 Å². The molecule has 0 bridgehead atoms. The Morgan fingerprint density at radius 2 is 2.13 bits per heavy atom. The molecule has 1 rings (SSSR count). The lowest BCUT2D eigenvalue weighted by Crippen LogP contribution is -2.01. The maximum atomic E-state index is 10.6. The molecule has 0 aliphatic rings. The number of benzene rings is 1. The number of hydrogen-bond acceptors (Lipinski definition) is 5. The second-order valence-electron chi connectivity index (χ2n) is 2.57. The molecule has 0 fully saturated rings. The van der Waals surface area contributed by atoms with Gasteiger partial charge in [-0.2, -0.15) is 0 Å². The van der Waals surface area contributed by atoms with Crippen molar-refractivity contribution in [1.82, 2.24) is 0 Å². The summed E-state index contributed by atoms with van der Waals surface area (Å²) in [5.41, 5.74) is -1.29. The quantitative estimate of drug-likeness (QED) is 0.572. The number of rotatable bonds is 3. The molecule has 15 heavy (non-hydrogen) atoms. The van der Waals surface area contributed by atoms with Gasteiger partial charge in [-0.25, -0.2) is 4.79 Å². The SMILES string of the molecule is COc1ccc(C(=O)O)c(O)c1[N+](=O)[O-]. The smallest absolute Gasteiger partial charge is 0.352 e. The van der Waals surface area contributed by atoms with Crippen molar-refractivity contribution in [3.05, 3.63) is 27.8 Å². The van der Waals surface area contributed by atoms with E-state index in [0.717, 1.165) is 12.1 Å². The third kappa shape index (κ3) is 1.80. The van der Waals surface area contributed by atoms with Gasteiger partial charge in [-0.3, -0.25) is 10.1 Å². The van der Waals surface area contributed by atoms with Gasteiger partial charge in [0.2, 0.25) is 11.5 Å². The second-order valence-corrected chi connectivity index (χ2v) is 2.57. The van der Waals surface area contributed by atoms with E-state index in [-0.39, 0.29) is 5.75 Å². The number of ether oxygens (including phenoxy) is 1. The van der Waals surface area contributed by atoms with Gasteiger partial charge in [0.15, 0.2) is 0 Å². The number of carboxylic acid groups (broad SMARTS) is 1. The van der Waals surface area contributed by atoms with Gasteiger partial charge in [-0.1, -0.05) is 0 Å². The monoisotopic (exact) mass is 213 g/mol. The van der Waals surface area contributed by atoms with Crippen molar-refractivity contribution in [2.75, 3.05) is 7.11 Å². The molecule has 7 heteroatoms. The van der Waals surface area contributed by atoms with Crippen LogP contribution in [-0.2, 0) is 0 Å². The van der Waals surface area contributed by atoms with Crippen LogP contribution in [0.25, 0.3) is 0 Å². The van der Waals surface area contributed by atoms with Crippen molar-refractivity contribution < 1.29 is 24.7 Å². The second kappa shape index (κ2) is 3.82. The van der Waals surface area contributed by atoms with E-state index in [9.17, 15) is 20.0 Å². The zero-order valence-electron chi connectivity index (χ0n) is 7.63. The Bertz CT molecular complexity index is 427. The number of nitrogens with zero attached hydrogens (tertiary/aromatic N) is 1. The van der Waals surface area contributed by atoms with Gasteiger partial charge in [0, 0.05) is 0 Å². The minimum Gasteiger partial charge on any atom is -0.501 e. The molecule has 7 nitrogen and oxygen atoms in total. The highest BCUT2D eigenvalue weighted by atomic mass is 16.6. The molecule has 0 aliphatic heterocycles. The van der Waals surface area contributed by atoms with E-state index in [1.807, 2.05) is 0 Å². The summed E-state index contributed by atoms with van der Waals surface area (Å²) in [6, 6.07) is 2.14. The van der Waals surface area contributed by atoms with Crippen LogP contribution < -0.4 is 4.74 Å². The van der Waals surface area contributed by atoms with Crippen molar-refractivity contribution in [2.45, 2.75) is 0 Å². The summed E-state index contributed by atoms with van der Waals surface area (Å²) in [6.45, 7) is 0. The lowest BCUT2D eigenvalue weighted by atomic mass is 10.1. The normalized spacial score (nSPS) is 9.67. The molecule has 1 aromatic carbocycles. The van der Waals surface area contributed by atoms with Crippen LogP contribution in [0.15, 0.2) is 12.1 Å². The minimum absolute atomic E-state index is 0.192. The van der Waals surface area contributed by atoms with Gasteiger partial charge >= 0.3 is 11.7 Å². The van der Waals surface area contributed by atoms with Crippen molar-refractivity contribution in [3.8, 4) is 11.5 Å². The molecule has 0 spiro atoms. The molecule has 0 unspecified atom stereocenters. The topological polar surface area (TPSA) is 110 Å². The van der Waals surface area contributed by atoms with Crippen LogP contribution in [0, 0.1) is 10.1 Å². The molecular weight excluding hydrogens is 206 g/mol. The van der Waals surface area contributed by atoms with Crippen molar-refractivity contribution in [2.24, 2.45) is 0 Å². The Morgan fingerprint density at radius 3 is 2.53 bits per heavy atom. The summed E-state index contributed by atoms with van der Waals surface area (Å²) in [4.78, 5) is 20.2. The van der Waals surface area contributed by atoms with Gasteiger partial charge in [0.1, 0.15) is 5.56 Å². The molecule has 0 heterocycles. The zero-order valence-corrected chi connectivity index (χ0v) is 7.63. The van der Waals surface area contributed by atoms with Crippen LogP contribution in [0.2, 0.25) is 0 Å². The fourth-order valence-electron chi connectivity index (χ4n) is 1.07. The third-order valence-corrected chi connectivity index (χ3v) is 1.75. The van der Waals surface area contributed by atoms with E-state index in [0.29, 0.717) is 0 Å². The van der Waals surface area contributed by atoms with E-state index in [1.54, 1.807) is 0 Å². The highest BCUT2D eigenvalue weighted by Crippen LogP contribution is 2.38. The predicted octanol–water partition coefficient (Wildman–Crippen LogP) is 1.01. The largest absolute Gasteiger partial charge is 0.501 e. The van der Waals surface area contributed by atoms with E-state index in [1.165, 1.54) is 7.11 Å². The molecular formula is C8H7NO6. The van der Waals surface area contributed by atoms with Gasteiger partial charge in [0.25, 0.3) is 0 Å². The summed E-state index contributed by atoms with van der Waals surface area (Å²) >= 11 is 0. The van der Waals surface area contributed by atoms with E-state index >= 15 is 0 Å². The number of phenols is 1. The summed E-state index contributed by atoms with van der Waals surface area (Å²) in [5.74, 6) is -2.55. The predicted molar refractivity (Wildman–Crippen MR) is 48.3 cm³/mol. The Hall–Kier alpha value is -2.31. The number of carbonyl (C=O) groups is 1. The molecule has 0 aromatic heterocycles. The number of carboxylic acids is 1. The summed E-state index contributed by atoms with van der Waals surface area (Å²) in [5, 5.41) is 28.5. The first-order valence-electron chi connectivity index (χ1n) is 3.76. The van der Waals surface area contributed by atoms with Crippen molar-refractivity contribution in [3.63, 3.8) is 0 Å². The molecule has 0 amide bonds. The number of methoxy groups -OCH3 is 1. The van der Waals surface area contributed by atoms with Crippen LogP contribution in [0.3, 0.4) is 0 Å². The van der Waals surface area contributed by atoms with Gasteiger partial charge < -0.3 is 14.9 Å². The van der Waals surface area contributed by atoms with Gasteiger partial charge in [-0.15, -0.1) is 0 Å². The zero-order chi connectivity index (χ0) is 11.6. The highest BCUT2D eigenvalue weighted by molar-refractivity contribution is 5.93. The molecule has 0 saturated heterocycles. The van der Waals surface area contributed by atoms with Crippen LogP contribution in [0.1, 0.15) is 10.4 Å². The lowest BCUT2D eigenvalue weighted by Gasteiger charge is -2.04. The summed E-state index contributed by atoms with van der Waals surface area (Å²) in [6.07, 6.45) is 0. The van der Waals surface area contributed by atoms with E-state index in [4.69, 9.17) is 5.11 Å². The van der Waals surface area contributed by atoms with E-state index in [2.05, 4.69) is 4.74 Å². The average Bonchev–Trinajstić information content (AvgIpc) is 2.15. The molecule has 80 valence electrons. The number of nitro benzene ring substituents is 1. The Balaban J connectivity index is 3.49. The third-order valence-electron chi connectivity index (χ3n) is 1.75. The van der Waals surface area contributed by atoms with Crippen molar-refractivity contribution in [1.29, 1.82) is 0 Å². The maximum absolute atomic E-state index is 10.6. The number of hydrogen-bond donors (Lipinski definition) is 2. The molecule has 0 saturated carbocycles. The first-order chi connectivity index (χ1) is 6.99. The average molecular weight is 213 g/mol. The summed E-state index contributed by atoms with van der Waals surface area (Å²) in [7, 11) is 1.18. The molecule has 2 N–H and O–H groups in total. The lowest BCUT2D eigenvalue weighted by molar-refractivity contribution is -0.386. The number of nitro groups is 1. The van der Waals surface area contributed by atoms with E-state index < -0.39 is 27.9 Å². The number of aromatic hydroxyl groups is 1. The first-order valence-corrected chi connectivity index (χ1v) is 3.76. The standard InChI is InChI=1S/C8H7NO6/c1-15-5-3-2-4(8(11)12)7(10)6(5)9(13)14/h2-3,10H,1H3,(H,11,12). The molecule has 0 atom stereocenters. The fourth-order valence-corrected chi connectivity index (χ4v) is 1.07. The summed E-state index contributed by atoms with van der Waals surface area (Å²) < 4.78 is 4.63. The Kier molecular flexibility index (Phi) is 2.75. The molecule has 0 radical (unpaired) electrons. The number of aromatic carboxylic acids is 1. The molecule has 0 aliphatic carbocycles. The maximum Gasteiger partial charge on any atom is 0.352 e. The van der Waals surface area contributed by atoms with Crippen molar-refractivity contribution >= 4 is 11.7 Å². The Morgan fingerprint density at radius 1 is 1.53 bits per heavy atom. The van der Waals surface area contributed by atoms with Crippen LogP contribution >= 0.6 is 0 Å². The fraction of sp³-hybridized carbons (Fsp3) is 0.125. The minimum atomic E-state index is -1.45. The molecule has 1 aromatic rings. The Labute approximate surface area is 83.7 Å². The van der Waals surface area contributed by atoms with Crippen LogP contribution in [0.4, 0.5) is 5.69 Å². The van der Waals surface area contributed by atoms with Gasteiger partial charge in [0.05, 0.1) is 12.0 Å². The van der Waals surface area contributed by atoms with Crippen LogP contribution in [-0.4, -0.2) is 28.2 Å². The first kappa shape index (κ1) is 10.8. The highest BCUT2D eigenvalue weighted by Gasteiger charge is 2.26. The van der Waals surface area contributed by atoms with Crippen LogP contribution in [0.5, 0.6) is 11.5 Å².